The van der Waals surface area contributed by atoms with Gasteiger partial charge in [-0.15, -0.1) is 0 Å². The first-order chi connectivity index (χ1) is 10.4. The first kappa shape index (κ1) is 16.3. The largest absolute Gasteiger partial charge is 0.465 e. The van der Waals surface area contributed by atoms with E-state index in [2.05, 4.69) is 10.3 Å². The number of halogens is 1. The maximum atomic E-state index is 12.6. The summed E-state index contributed by atoms with van der Waals surface area (Å²) in [6, 6.07) is 4.64. The van der Waals surface area contributed by atoms with Crippen LogP contribution in [0.1, 0.15) is 25.2 Å². The third-order valence-corrected chi connectivity index (χ3v) is 3.52. The number of nitrogens with zero attached hydrogens (tertiary/aromatic N) is 2. The van der Waals surface area contributed by atoms with Gasteiger partial charge in [0.05, 0.1) is 22.0 Å². The number of rotatable bonds is 5. The molecule has 0 aliphatic rings. The van der Waals surface area contributed by atoms with Crippen LogP contribution >= 0.6 is 11.6 Å². The molecule has 0 aliphatic carbocycles. The number of fused-ring (bicyclic) bond motifs is 1. The summed E-state index contributed by atoms with van der Waals surface area (Å²) in [5, 5.41) is 11.5. The number of hydrogen-bond acceptors (Lipinski definition) is 4. The normalized spacial score (nSPS) is 12.3. The van der Waals surface area contributed by atoms with Crippen LogP contribution in [-0.4, -0.2) is 27.3 Å². The summed E-state index contributed by atoms with van der Waals surface area (Å²) in [7, 11) is 0. The Balaban J connectivity index is 2.44. The quantitative estimate of drug-likeness (QED) is 0.725. The lowest BCUT2D eigenvalue weighted by Gasteiger charge is -2.16. The maximum Gasteiger partial charge on any atom is 0.404 e. The zero-order valence-corrected chi connectivity index (χ0v) is 12.8. The Morgan fingerprint density at radius 1 is 1.55 bits per heavy atom. The zero-order valence-electron chi connectivity index (χ0n) is 12.0. The van der Waals surface area contributed by atoms with Crippen LogP contribution in [0.15, 0.2) is 23.0 Å². The van der Waals surface area contributed by atoms with Crippen LogP contribution < -0.4 is 16.6 Å². The van der Waals surface area contributed by atoms with Gasteiger partial charge < -0.3 is 16.2 Å². The van der Waals surface area contributed by atoms with Crippen LogP contribution in [0.3, 0.4) is 0 Å². The molecule has 0 radical (unpaired) electrons. The molecular weight excluding hydrogens is 308 g/mol. The van der Waals surface area contributed by atoms with Crippen LogP contribution in [0.4, 0.5) is 4.79 Å². The fraction of sp³-hybridized carbons (Fsp3) is 0.357. The van der Waals surface area contributed by atoms with E-state index in [0.29, 0.717) is 34.7 Å². The second kappa shape index (κ2) is 6.76. The number of amides is 1. The topological polar surface area (TPSA) is 110 Å². The van der Waals surface area contributed by atoms with Gasteiger partial charge in [-0.05, 0) is 25.5 Å². The minimum Gasteiger partial charge on any atom is -0.465 e. The molecule has 4 N–H and O–H groups in total. The van der Waals surface area contributed by atoms with Gasteiger partial charge in [0.2, 0.25) is 0 Å². The highest BCUT2D eigenvalue weighted by atomic mass is 35.5. The van der Waals surface area contributed by atoms with Crippen LogP contribution in [-0.2, 0) is 6.54 Å². The molecule has 0 fully saturated rings. The number of carboxylic acid groups (broad SMARTS) is 1. The lowest BCUT2D eigenvalue weighted by molar-refractivity contribution is 0.194. The molecule has 22 heavy (non-hydrogen) atoms. The Morgan fingerprint density at radius 3 is 2.91 bits per heavy atom. The molecule has 8 heteroatoms. The van der Waals surface area contributed by atoms with Gasteiger partial charge in [0.1, 0.15) is 5.82 Å². The third-order valence-electron chi connectivity index (χ3n) is 3.20. The van der Waals surface area contributed by atoms with E-state index in [1.807, 2.05) is 0 Å². The van der Waals surface area contributed by atoms with Crippen molar-refractivity contribution < 1.29 is 9.90 Å². The van der Waals surface area contributed by atoms with E-state index in [-0.39, 0.29) is 12.1 Å². The number of carbonyl (C=O) groups is 1. The van der Waals surface area contributed by atoms with Crippen molar-refractivity contribution >= 4 is 28.6 Å². The molecule has 1 unspecified atom stereocenters. The fourth-order valence-electron chi connectivity index (χ4n) is 2.24. The minimum absolute atomic E-state index is 0.237. The molecule has 118 valence electrons. The van der Waals surface area contributed by atoms with E-state index in [9.17, 15) is 9.59 Å². The van der Waals surface area contributed by atoms with Crippen LogP contribution in [0, 0.1) is 0 Å². The average Bonchev–Trinajstić information content (AvgIpc) is 2.44. The SMILES string of the molecule is CC(N)c1nc2cccc(Cl)c2c(=O)n1CCCNC(=O)O. The summed E-state index contributed by atoms with van der Waals surface area (Å²) in [6.45, 7) is 2.29. The number of nitrogens with two attached hydrogens (primary N) is 1. The average molecular weight is 325 g/mol. The summed E-state index contributed by atoms with van der Waals surface area (Å²) in [4.78, 5) is 27.5. The highest BCUT2D eigenvalue weighted by Gasteiger charge is 2.15. The van der Waals surface area contributed by atoms with Gasteiger partial charge in [-0.1, -0.05) is 17.7 Å². The predicted octanol–water partition coefficient (Wildman–Crippen LogP) is 1.73. The molecule has 0 saturated carbocycles. The molecule has 1 atom stereocenters. The Hall–Kier alpha value is -2.12. The van der Waals surface area contributed by atoms with Crippen molar-refractivity contribution in [3.8, 4) is 0 Å². The Bertz CT molecular complexity index is 758. The van der Waals surface area contributed by atoms with Crippen LogP contribution in [0.2, 0.25) is 5.02 Å². The summed E-state index contributed by atoms with van der Waals surface area (Å²) in [5.41, 5.74) is 6.14. The van der Waals surface area contributed by atoms with E-state index in [4.69, 9.17) is 22.4 Å². The molecule has 1 heterocycles. The number of benzene rings is 1. The molecule has 0 aliphatic heterocycles. The summed E-state index contributed by atoms with van der Waals surface area (Å²) < 4.78 is 1.46. The van der Waals surface area contributed by atoms with Gasteiger partial charge in [0.25, 0.3) is 5.56 Å². The minimum atomic E-state index is -1.10. The molecule has 7 nitrogen and oxygen atoms in total. The molecule has 0 saturated heterocycles. The van der Waals surface area contributed by atoms with Crippen LogP contribution in [0.5, 0.6) is 0 Å². The van der Waals surface area contributed by atoms with Crippen LogP contribution in [0.25, 0.3) is 10.9 Å². The lowest BCUT2D eigenvalue weighted by Crippen LogP contribution is -2.31. The Kier molecular flexibility index (Phi) is 4.99. The van der Waals surface area contributed by atoms with Crippen molar-refractivity contribution in [2.45, 2.75) is 25.9 Å². The molecule has 0 bridgehead atoms. The third kappa shape index (κ3) is 3.37. The van der Waals surface area contributed by atoms with Gasteiger partial charge in [0, 0.05) is 13.1 Å². The summed E-state index contributed by atoms with van der Waals surface area (Å²) in [6.07, 6.45) is -0.650. The molecular formula is C14H17ClN4O3. The van der Waals surface area contributed by atoms with Gasteiger partial charge in [0.15, 0.2) is 0 Å². The monoisotopic (exact) mass is 324 g/mol. The number of hydrogen-bond donors (Lipinski definition) is 3. The Morgan fingerprint density at radius 2 is 2.27 bits per heavy atom. The highest BCUT2D eigenvalue weighted by molar-refractivity contribution is 6.35. The molecule has 2 rings (SSSR count). The van der Waals surface area contributed by atoms with Crippen molar-refractivity contribution in [2.24, 2.45) is 5.73 Å². The summed E-state index contributed by atoms with van der Waals surface area (Å²) >= 11 is 6.09. The smallest absolute Gasteiger partial charge is 0.404 e. The molecule has 1 aromatic heterocycles. The van der Waals surface area contributed by atoms with Crippen molar-refractivity contribution in [3.63, 3.8) is 0 Å². The van der Waals surface area contributed by atoms with E-state index >= 15 is 0 Å². The predicted molar refractivity (Wildman–Crippen MR) is 84.3 cm³/mol. The van der Waals surface area contributed by atoms with Gasteiger partial charge in [-0.3, -0.25) is 9.36 Å². The second-order valence-corrected chi connectivity index (χ2v) is 5.34. The van der Waals surface area contributed by atoms with E-state index in [0.717, 1.165) is 0 Å². The highest BCUT2D eigenvalue weighted by Crippen LogP contribution is 2.20. The van der Waals surface area contributed by atoms with Gasteiger partial charge in [-0.25, -0.2) is 9.78 Å². The van der Waals surface area contributed by atoms with E-state index in [1.165, 1.54) is 4.57 Å². The second-order valence-electron chi connectivity index (χ2n) is 4.93. The fourth-order valence-corrected chi connectivity index (χ4v) is 2.49. The molecule has 1 amide bonds. The lowest BCUT2D eigenvalue weighted by atomic mass is 10.2. The van der Waals surface area contributed by atoms with E-state index < -0.39 is 12.1 Å². The van der Waals surface area contributed by atoms with Crippen molar-refractivity contribution in [3.05, 3.63) is 39.4 Å². The molecule has 0 spiro atoms. The Labute approximate surface area is 131 Å². The van der Waals surface area contributed by atoms with Gasteiger partial charge in [-0.2, -0.15) is 0 Å². The van der Waals surface area contributed by atoms with Gasteiger partial charge >= 0.3 is 6.09 Å². The number of aromatic nitrogens is 2. The standard InChI is InChI=1S/C14H17ClN4O3/c1-8(16)12-18-10-5-2-4-9(15)11(10)13(20)19(12)7-3-6-17-14(21)22/h2,4-5,8,17H,3,6-7,16H2,1H3,(H,21,22). The summed E-state index contributed by atoms with van der Waals surface area (Å²) in [5.74, 6) is 0.454. The maximum absolute atomic E-state index is 12.6. The van der Waals surface area contributed by atoms with Crippen molar-refractivity contribution in [1.82, 2.24) is 14.9 Å². The number of nitrogens with one attached hydrogen (secondary N) is 1. The molecule has 2 aromatic rings. The van der Waals surface area contributed by atoms with E-state index in [1.54, 1.807) is 25.1 Å². The molecule has 1 aromatic carbocycles. The van der Waals surface area contributed by atoms with Crippen molar-refractivity contribution in [1.29, 1.82) is 0 Å². The zero-order chi connectivity index (χ0) is 16.3. The first-order valence-electron chi connectivity index (χ1n) is 6.83. The van der Waals surface area contributed by atoms with Crippen molar-refractivity contribution in [2.75, 3.05) is 6.54 Å². The first-order valence-corrected chi connectivity index (χ1v) is 7.21.